The first-order chi connectivity index (χ1) is 29.2. The van der Waals surface area contributed by atoms with Crippen molar-refractivity contribution in [3.05, 3.63) is 218 Å². The highest BCUT2D eigenvalue weighted by Crippen LogP contribution is 2.42. The van der Waals surface area contributed by atoms with Gasteiger partial charge in [-0.3, -0.25) is 0 Å². The Kier molecular flexibility index (Phi) is 6.23. The molecule has 0 aliphatic carbocycles. The van der Waals surface area contributed by atoms with E-state index >= 15 is 0 Å². The first kappa shape index (κ1) is 23.5. The minimum atomic E-state index is -0.222. The smallest absolute Gasteiger partial charge is 0.0645 e. The Morgan fingerprint density at radius 1 is 0.288 bits per heavy atom. The van der Waals surface area contributed by atoms with Gasteiger partial charge >= 0.3 is 0 Å². The molecule has 0 aliphatic heterocycles. The van der Waals surface area contributed by atoms with Crippen molar-refractivity contribution < 1.29 is 11.0 Å². The third-order valence-electron chi connectivity index (χ3n) is 9.16. The number of nitrogens with zero attached hydrogens (tertiary/aromatic N) is 2. The van der Waals surface area contributed by atoms with Gasteiger partial charge in [0.1, 0.15) is 0 Å². The molecular formula is C50H36N2. The van der Waals surface area contributed by atoms with Crippen LogP contribution in [-0.4, -0.2) is 0 Å². The van der Waals surface area contributed by atoms with Crippen LogP contribution in [-0.2, 0) is 0 Å². The highest BCUT2D eigenvalue weighted by atomic mass is 15.1. The van der Waals surface area contributed by atoms with E-state index < -0.39 is 0 Å². The zero-order valence-electron chi connectivity index (χ0n) is 36.1. The van der Waals surface area contributed by atoms with E-state index in [0.29, 0.717) is 28.2 Å². The molecular weight excluding hydrogens is 629 g/mol. The molecule has 0 saturated carbocycles. The molecule has 0 aliphatic rings. The maximum absolute atomic E-state index is 9.45. The molecule has 2 heteroatoms. The molecule has 0 heterocycles. The van der Waals surface area contributed by atoms with E-state index in [1.54, 1.807) is 29.2 Å². The fourth-order valence-electron chi connectivity index (χ4n) is 6.67. The lowest BCUT2D eigenvalue weighted by molar-refractivity contribution is 1.28. The molecule has 0 fully saturated rings. The molecule has 0 amide bonds. The summed E-state index contributed by atoms with van der Waals surface area (Å²) in [7, 11) is 0. The Balaban J connectivity index is 1.15. The first-order valence-corrected chi connectivity index (χ1v) is 17.1. The lowest BCUT2D eigenvalue weighted by atomic mass is 9.98. The molecule has 0 aromatic heterocycles. The van der Waals surface area contributed by atoms with Crippen LogP contribution in [0.1, 0.15) is 11.0 Å². The third-order valence-corrected chi connectivity index (χ3v) is 9.16. The average Bonchev–Trinajstić information content (AvgIpc) is 3.29. The summed E-state index contributed by atoms with van der Waals surface area (Å²) in [5, 5.41) is 3.93. The van der Waals surface area contributed by atoms with Crippen LogP contribution in [0.2, 0.25) is 0 Å². The number of rotatable bonds is 8. The van der Waals surface area contributed by atoms with Gasteiger partial charge in [-0.2, -0.15) is 0 Å². The highest BCUT2D eigenvalue weighted by molar-refractivity contribution is 6.14. The maximum Gasteiger partial charge on any atom is 0.0645 e. The average molecular weight is 673 g/mol. The van der Waals surface area contributed by atoms with Crippen molar-refractivity contribution in [2.45, 2.75) is 0 Å². The largest absolute Gasteiger partial charge is 0.311 e. The summed E-state index contributed by atoms with van der Waals surface area (Å²) in [4.78, 5) is 3.53. The molecule has 0 spiro atoms. The molecule has 0 bridgehead atoms. The van der Waals surface area contributed by atoms with Gasteiger partial charge in [0.25, 0.3) is 0 Å². The van der Waals surface area contributed by atoms with Crippen molar-refractivity contribution in [2.24, 2.45) is 0 Å². The Morgan fingerprint density at radius 2 is 0.673 bits per heavy atom. The van der Waals surface area contributed by atoms with Crippen molar-refractivity contribution >= 4 is 55.7 Å². The zero-order chi connectivity index (χ0) is 41.7. The second kappa shape index (κ2) is 13.8. The van der Waals surface area contributed by atoms with Crippen LogP contribution in [0.4, 0.5) is 34.1 Å². The summed E-state index contributed by atoms with van der Waals surface area (Å²) in [6, 6.07) is 51.0. The summed E-state index contributed by atoms with van der Waals surface area (Å²) < 4.78 is 74.2. The second-order valence-electron chi connectivity index (χ2n) is 12.4. The van der Waals surface area contributed by atoms with Gasteiger partial charge in [-0.15, -0.1) is 0 Å². The van der Waals surface area contributed by atoms with Crippen LogP contribution in [0.3, 0.4) is 0 Å². The molecule has 0 N–H and O–H groups in total. The predicted octanol–water partition coefficient (Wildman–Crippen LogP) is 14.3. The maximum atomic E-state index is 9.45. The molecule has 0 saturated heterocycles. The number of hydrogen-bond acceptors (Lipinski definition) is 2. The Hall–Kier alpha value is -6.90. The van der Waals surface area contributed by atoms with Crippen molar-refractivity contribution in [3.63, 3.8) is 0 Å². The Morgan fingerprint density at radius 3 is 1.17 bits per heavy atom. The van der Waals surface area contributed by atoms with Gasteiger partial charge in [-0.1, -0.05) is 152 Å². The Bertz CT molecular complexity index is 2970. The van der Waals surface area contributed by atoms with Gasteiger partial charge in [-0.05, 0) is 105 Å². The summed E-state index contributed by atoms with van der Waals surface area (Å²) in [6.45, 7) is 0. The molecule has 0 atom stereocenters. The van der Waals surface area contributed by atoms with Crippen LogP contribution in [0.25, 0.3) is 43.8 Å². The standard InChI is InChI=1S/C50H36N2/c1-4-15-42(16-5-1)51(43-17-6-2-7-18-43)45-32-28-39(29-33-45)37-24-26-38(27-25-37)40-30-34-46(35-31-40)52(44-19-8-3-9-20-44)50-36-41-14-10-11-21-47(41)48-22-12-13-23-49(48)50/h1-36H/i28D,29D,30D,31D,32D,33D,34D,35D. The van der Waals surface area contributed by atoms with Crippen LogP contribution >= 0.6 is 0 Å². The molecule has 0 radical (unpaired) electrons. The molecule has 9 aromatic carbocycles. The first-order valence-electron chi connectivity index (χ1n) is 21.1. The minimum Gasteiger partial charge on any atom is -0.311 e. The van der Waals surface area contributed by atoms with Crippen LogP contribution in [0, 0.1) is 0 Å². The third kappa shape index (κ3) is 5.97. The SMILES string of the molecule is [2H]c1c([2H])c(N(c2ccccc2)c2ccccc2)c([2H])c([2H])c1-c1ccc(-c2c([2H])c([2H])c(N(c3ccccc3)c3cc4ccccc4c4ccccc34)c([2H])c2[2H])cc1. The van der Waals surface area contributed by atoms with Gasteiger partial charge in [0.2, 0.25) is 0 Å². The van der Waals surface area contributed by atoms with Gasteiger partial charge in [0, 0.05) is 33.8 Å². The van der Waals surface area contributed by atoms with Gasteiger partial charge in [-0.25, -0.2) is 0 Å². The van der Waals surface area contributed by atoms with E-state index in [9.17, 15) is 5.48 Å². The van der Waals surface area contributed by atoms with E-state index in [2.05, 4.69) is 6.07 Å². The summed E-state index contributed by atoms with van der Waals surface area (Å²) in [6.07, 6.45) is 0. The van der Waals surface area contributed by atoms with E-state index in [4.69, 9.17) is 5.48 Å². The van der Waals surface area contributed by atoms with Crippen LogP contribution < -0.4 is 9.80 Å². The van der Waals surface area contributed by atoms with Crippen molar-refractivity contribution in [1.29, 1.82) is 0 Å². The predicted molar refractivity (Wildman–Crippen MR) is 222 cm³/mol. The van der Waals surface area contributed by atoms with Crippen LogP contribution in [0.15, 0.2) is 218 Å². The number of para-hydroxylation sites is 3. The van der Waals surface area contributed by atoms with Gasteiger partial charge in [0.05, 0.1) is 16.7 Å². The quantitative estimate of drug-likeness (QED) is 0.148. The molecule has 0 unspecified atom stereocenters. The highest BCUT2D eigenvalue weighted by Gasteiger charge is 2.17. The molecule has 9 rings (SSSR count). The second-order valence-corrected chi connectivity index (χ2v) is 12.4. The van der Waals surface area contributed by atoms with E-state index in [0.717, 1.165) is 27.2 Å². The fraction of sp³-hybridized carbons (Fsp3) is 0. The Labute approximate surface area is 316 Å². The molecule has 9 aromatic rings. The minimum absolute atomic E-state index is 0.105. The van der Waals surface area contributed by atoms with Crippen molar-refractivity contribution in [3.8, 4) is 22.3 Å². The normalized spacial score (nSPS) is 13.2. The van der Waals surface area contributed by atoms with Crippen molar-refractivity contribution in [2.75, 3.05) is 9.80 Å². The molecule has 52 heavy (non-hydrogen) atoms. The summed E-state index contributed by atoms with van der Waals surface area (Å²) in [5.41, 5.74) is 4.04. The van der Waals surface area contributed by atoms with Crippen molar-refractivity contribution in [1.82, 2.24) is 0 Å². The lowest BCUT2D eigenvalue weighted by Gasteiger charge is -2.27. The lowest BCUT2D eigenvalue weighted by Crippen LogP contribution is -2.10. The van der Waals surface area contributed by atoms with Gasteiger partial charge < -0.3 is 9.80 Å². The zero-order valence-corrected chi connectivity index (χ0v) is 28.1. The number of anilines is 6. The van der Waals surface area contributed by atoms with E-state index in [-0.39, 0.29) is 70.8 Å². The number of fused-ring (bicyclic) bond motifs is 3. The fourth-order valence-corrected chi connectivity index (χ4v) is 6.67. The number of benzene rings is 9. The number of hydrogen-bond donors (Lipinski definition) is 0. The summed E-state index contributed by atoms with van der Waals surface area (Å²) >= 11 is 0. The molecule has 246 valence electrons. The van der Waals surface area contributed by atoms with E-state index in [1.165, 1.54) is 0 Å². The van der Waals surface area contributed by atoms with Crippen LogP contribution in [0.5, 0.6) is 0 Å². The van der Waals surface area contributed by atoms with E-state index in [1.807, 2.05) is 144 Å². The molecule has 2 nitrogen and oxygen atoms in total. The monoisotopic (exact) mass is 672 g/mol. The summed E-state index contributed by atoms with van der Waals surface area (Å²) in [5.74, 6) is 0. The van der Waals surface area contributed by atoms with Gasteiger partial charge in [0.15, 0.2) is 0 Å². The topological polar surface area (TPSA) is 6.48 Å².